The van der Waals surface area contributed by atoms with Gasteiger partial charge in [0.25, 0.3) is 0 Å². The lowest BCUT2D eigenvalue weighted by Crippen LogP contribution is -2.33. The highest BCUT2D eigenvalue weighted by Crippen LogP contribution is 2.42. The van der Waals surface area contributed by atoms with Crippen LogP contribution in [-0.4, -0.2) is 20.7 Å². The third-order valence-corrected chi connectivity index (χ3v) is 3.76. The molecule has 0 atom stereocenters. The van der Waals surface area contributed by atoms with E-state index in [2.05, 4.69) is 15.4 Å². The van der Waals surface area contributed by atoms with Crippen molar-refractivity contribution < 1.29 is 9.53 Å². The van der Waals surface area contributed by atoms with E-state index in [0.717, 1.165) is 22.6 Å². The van der Waals surface area contributed by atoms with Crippen molar-refractivity contribution in [1.29, 1.82) is 0 Å². The molecular formula is C17H14N4O2. The Morgan fingerprint density at radius 1 is 1.09 bits per heavy atom. The van der Waals surface area contributed by atoms with Gasteiger partial charge >= 0.3 is 0 Å². The second-order valence-electron chi connectivity index (χ2n) is 5.27. The van der Waals surface area contributed by atoms with Crippen LogP contribution in [0, 0.1) is 0 Å². The number of rotatable bonds is 3. The maximum Gasteiger partial charge on any atom is 0.242 e. The number of nitrogens with one attached hydrogen (secondary N) is 1. The first-order chi connectivity index (χ1) is 11.3. The summed E-state index contributed by atoms with van der Waals surface area (Å²) < 4.78 is 7.41. The fraction of sp³-hybridized carbons (Fsp3) is 0.118. The normalized spacial score (nSPS) is 12.9. The highest BCUT2D eigenvalue weighted by Gasteiger charge is 2.27. The van der Waals surface area contributed by atoms with E-state index in [-0.39, 0.29) is 18.5 Å². The highest BCUT2D eigenvalue weighted by atomic mass is 16.5. The van der Waals surface area contributed by atoms with E-state index in [0.29, 0.717) is 0 Å². The summed E-state index contributed by atoms with van der Waals surface area (Å²) in [7, 11) is 0. The number of carbonyl (C=O) groups excluding carboxylic acids is 1. The van der Waals surface area contributed by atoms with Crippen LogP contribution >= 0.6 is 0 Å². The minimum atomic E-state index is -0.243. The summed E-state index contributed by atoms with van der Waals surface area (Å²) in [6, 6.07) is 15.2. The quantitative estimate of drug-likeness (QED) is 0.806. The average molecular weight is 306 g/mol. The molecule has 3 aromatic rings. The van der Waals surface area contributed by atoms with E-state index in [9.17, 15) is 4.79 Å². The van der Waals surface area contributed by atoms with Gasteiger partial charge in [-0.1, -0.05) is 36.4 Å². The predicted molar refractivity (Wildman–Crippen MR) is 83.0 cm³/mol. The maximum absolute atomic E-state index is 12.4. The molecule has 0 radical (unpaired) electrons. The molecule has 114 valence electrons. The van der Waals surface area contributed by atoms with E-state index in [1.165, 1.54) is 17.3 Å². The van der Waals surface area contributed by atoms with Gasteiger partial charge in [0, 0.05) is 11.1 Å². The number of hydrogen-bond acceptors (Lipinski definition) is 4. The number of hydrogen-bond donors (Lipinski definition) is 1. The fourth-order valence-electron chi connectivity index (χ4n) is 2.73. The van der Waals surface area contributed by atoms with E-state index in [4.69, 9.17) is 4.74 Å². The summed E-state index contributed by atoms with van der Waals surface area (Å²) in [6.45, 7) is 0.127. The average Bonchev–Trinajstić information content (AvgIpc) is 3.07. The van der Waals surface area contributed by atoms with E-state index < -0.39 is 0 Å². The van der Waals surface area contributed by atoms with Crippen molar-refractivity contribution >= 4 is 5.91 Å². The standard InChI is InChI=1S/C17H14N4O2/c22-16(9-21-11-18-10-19-21)20-17-12-5-1-3-7-14(12)23-15-8-4-2-6-13(15)17/h1-8,10-11,17H,9H2,(H,20,22). The second-order valence-corrected chi connectivity index (χ2v) is 5.27. The first-order valence-corrected chi connectivity index (χ1v) is 7.29. The number of ether oxygens (including phenoxy) is 1. The minimum Gasteiger partial charge on any atom is -0.457 e. The Bertz CT molecular complexity index is 800. The predicted octanol–water partition coefficient (Wildman–Crippen LogP) is 2.29. The van der Waals surface area contributed by atoms with Gasteiger partial charge in [-0.3, -0.25) is 4.79 Å². The lowest BCUT2D eigenvalue weighted by atomic mass is 9.94. The lowest BCUT2D eigenvalue weighted by molar-refractivity contribution is -0.122. The zero-order valence-corrected chi connectivity index (χ0v) is 12.2. The van der Waals surface area contributed by atoms with Gasteiger partial charge in [-0.15, -0.1) is 0 Å². The van der Waals surface area contributed by atoms with Crippen molar-refractivity contribution in [2.45, 2.75) is 12.6 Å². The smallest absolute Gasteiger partial charge is 0.242 e. The van der Waals surface area contributed by atoms with Crippen molar-refractivity contribution in [1.82, 2.24) is 20.1 Å². The van der Waals surface area contributed by atoms with Crippen molar-refractivity contribution in [3.63, 3.8) is 0 Å². The molecule has 2 aromatic carbocycles. The van der Waals surface area contributed by atoms with Crippen LogP contribution in [0.5, 0.6) is 11.5 Å². The topological polar surface area (TPSA) is 69.0 Å². The van der Waals surface area contributed by atoms with Crippen molar-refractivity contribution in [2.24, 2.45) is 0 Å². The number of carbonyl (C=O) groups is 1. The first kappa shape index (κ1) is 13.5. The third kappa shape index (κ3) is 2.55. The molecular weight excluding hydrogens is 292 g/mol. The minimum absolute atomic E-state index is 0.127. The number of amides is 1. The molecule has 1 aromatic heterocycles. The molecule has 1 amide bonds. The molecule has 0 aliphatic carbocycles. The monoisotopic (exact) mass is 306 g/mol. The zero-order chi connectivity index (χ0) is 15.6. The van der Waals surface area contributed by atoms with Gasteiger partial charge in [0.05, 0.1) is 6.04 Å². The molecule has 2 heterocycles. The Kier molecular flexibility index (Phi) is 3.27. The Morgan fingerprint density at radius 3 is 2.35 bits per heavy atom. The molecule has 1 aliphatic rings. The van der Waals surface area contributed by atoms with Gasteiger partial charge in [0.15, 0.2) is 0 Å². The van der Waals surface area contributed by atoms with Gasteiger partial charge in [-0.05, 0) is 12.1 Å². The SMILES string of the molecule is O=C(Cn1cncn1)NC1c2ccccc2Oc2ccccc21. The largest absolute Gasteiger partial charge is 0.457 e. The van der Waals surface area contributed by atoms with Crippen molar-refractivity contribution in [3.8, 4) is 11.5 Å². The number of aromatic nitrogens is 3. The van der Waals surface area contributed by atoms with Crippen molar-refractivity contribution in [2.75, 3.05) is 0 Å². The summed E-state index contributed by atoms with van der Waals surface area (Å²) in [5, 5.41) is 7.02. The lowest BCUT2D eigenvalue weighted by Gasteiger charge is -2.28. The number of nitrogens with zero attached hydrogens (tertiary/aromatic N) is 3. The van der Waals surface area contributed by atoms with Crippen LogP contribution in [0.1, 0.15) is 17.2 Å². The van der Waals surface area contributed by atoms with Crippen LogP contribution in [-0.2, 0) is 11.3 Å². The summed E-state index contributed by atoms with van der Waals surface area (Å²) in [5.41, 5.74) is 1.89. The van der Waals surface area contributed by atoms with Crippen LogP contribution in [0.4, 0.5) is 0 Å². The number of benzene rings is 2. The Balaban J connectivity index is 1.66. The number of fused-ring (bicyclic) bond motifs is 2. The Labute approximate surface area is 132 Å². The van der Waals surface area contributed by atoms with E-state index >= 15 is 0 Å². The molecule has 6 nitrogen and oxygen atoms in total. The summed E-state index contributed by atoms with van der Waals surface area (Å²) in [4.78, 5) is 16.2. The molecule has 0 unspecified atom stereocenters. The first-order valence-electron chi connectivity index (χ1n) is 7.29. The Morgan fingerprint density at radius 2 is 1.74 bits per heavy atom. The molecule has 4 rings (SSSR count). The summed E-state index contributed by atoms with van der Waals surface area (Å²) >= 11 is 0. The van der Waals surface area contributed by atoms with Crippen LogP contribution in [0.25, 0.3) is 0 Å². The second kappa shape index (κ2) is 5.57. The molecule has 1 N–H and O–H groups in total. The maximum atomic E-state index is 12.4. The molecule has 6 heteroatoms. The zero-order valence-electron chi connectivity index (χ0n) is 12.2. The Hall–Kier alpha value is -3.15. The third-order valence-electron chi connectivity index (χ3n) is 3.76. The van der Waals surface area contributed by atoms with Gasteiger partial charge in [0.1, 0.15) is 30.7 Å². The molecule has 0 bridgehead atoms. The van der Waals surface area contributed by atoms with E-state index in [1.54, 1.807) is 0 Å². The molecule has 0 saturated heterocycles. The summed E-state index contributed by atoms with van der Waals surface area (Å²) in [6.07, 6.45) is 2.93. The van der Waals surface area contributed by atoms with Gasteiger partial charge < -0.3 is 10.1 Å². The van der Waals surface area contributed by atoms with Crippen LogP contribution in [0.15, 0.2) is 61.2 Å². The molecule has 0 fully saturated rings. The molecule has 0 saturated carbocycles. The van der Waals surface area contributed by atoms with Crippen LogP contribution in [0.3, 0.4) is 0 Å². The van der Waals surface area contributed by atoms with Gasteiger partial charge in [0.2, 0.25) is 5.91 Å². The van der Waals surface area contributed by atoms with Gasteiger partial charge in [-0.25, -0.2) is 9.67 Å². The van der Waals surface area contributed by atoms with Crippen LogP contribution < -0.4 is 10.1 Å². The van der Waals surface area contributed by atoms with Gasteiger partial charge in [-0.2, -0.15) is 5.10 Å². The molecule has 0 spiro atoms. The summed E-state index contributed by atoms with van der Waals surface area (Å²) in [5.74, 6) is 1.39. The molecule has 23 heavy (non-hydrogen) atoms. The number of para-hydroxylation sites is 2. The fourth-order valence-corrected chi connectivity index (χ4v) is 2.73. The molecule has 1 aliphatic heterocycles. The van der Waals surface area contributed by atoms with Crippen molar-refractivity contribution in [3.05, 3.63) is 72.3 Å². The highest BCUT2D eigenvalue weighted by molar-refractivity contribution is 5.77. The van der Waals surface area contributed by atoms with Crippen LogP contribution in [0.2, 0.25) is 0 Å². The van der Waals surface area contributed by atoms with E-state index in [1.807, 2.05) is 48.5 Å².